The molecular formula is C26H34N2O3. The van der Waals surface area contributed by atoms with Crippen LogP contribution in [0.4, 0.5) is 0 Å². The molecule has 0 aliphatic carbocycles. The number of hydrogen-bond donors (Lipinski definition) is 1. The highest BCUT2D eigenvalue weighted by molar-refractivity contribution is 5.40. The fraction of sp³-hybridized carbons (Fsp3) is 0.462. The topological polar surface area (TPSA) is 45.2 Å². The van der Waals surface area contributed by atoms with Crippen molar-refractivity contribution in [1.82, 2.24) is 9.80 Å². The van der Waals surface area contributed by atoms with Gasteiger partial charge in [-0.2, -0.15) is 0 Å². The van der Waals surface area contributed by atoms with Gasteiger partial charge in [0.25, 0.3) is 0 Å². The number of phenols is 1. The molecule has 0 radical (unpaired) electrons. The van der Waals surface area contributed by atoms with Crippen molar-refractivity contribution in [3.63, 3.8) is 0 Å². The van der Waals surface area contributed by atoms with Crippen molar-refractivity contribution in [2.45, 2.75) is 44.9 Å². The number of hydrogen-bond acceptors (Lipinski definition) is 5. The van der Waals surface area contributed by atoms with Gasteiger partial charge >= 0.3 is 0 Å². The van der Waals surface area contributed by atoms with E-state index in [1.807, 2.05) is 42.5 Å². The largest absolute Gasteiger partial charge is 0.508 e. The second-order valence-corrected chi connectivity index (χ2v) is 8.53. The number of phenolic OH excluding ortho intramolecular Hbond substituents is 1. The number of rotatable bonds is 8. The molecule has 2 unspecified atom stereocenters. The molecule has 0 amide bonds. The molecule has 5 heteroatoms. The van der Waals surface area contributed by atoms with E-state index in [1.54, 1.807) is 0 Å². The van der Waals surface area contributed by atoms with Gasteiger partial charge < -0.3 is 14.6 Å². The molecule has 1 N–H and O–H groups in total. The summed E-state index contributed by atoms with van der Waals surface area (Å²) >= 11 is 0. The third kappa shape index (κ3) is 5.23. The van der Waals surface area contributed by atoms with Gasteiger partial charge in [-0.15, -0.1) is 6.58 Å². The van der Waals surface area contributed by atoms with Crippen molar-refractivity contribution >= 4 is 0 Å². The van der Waals surface area contributed by atoms with Crippen LogP contribution >= 0.6 is 0 Å². The minimum Gasteiger partial charge on any atom is -0.508 e. The van der Waals surface area contributed by atoms with Gasteiger partial charge in [0.1, 0.15) is 12.4 Å². The van der Waals surface area contributed by atoms with E-state index >= 15 is 0 Å². The van der Waals surface area contributed by atoms with Crippen LogP contribution in [0.5, 0.6) is 17.2 Å². The average molecular weight is 423 g/mol. The number of allylic oxidation sites excluding steroid dienone is 1. The molecule has 1 saturated heterocycles. The Morgan fingerprint density at radius 2 is 1.87 bits per heavy atom. The maximum absolute atomic E-state index is 9.87. The van der Waals surface area contributed by atoms with Crippen LogP contribution in [0, 0.1) is 6.92 Å². The van der Waals surface area contributed by atoms with Gasteiger partial charge in [0.05, 0.1) is 0 Å². The Balaban J connectivity index is 1.40. The molecule has 2 heterocycles. The summed E-state index contributed by atoms with van der Waals surface area (Å²) < 4.78 is 12.1. The number of nitrogens with zero attached hydrogens (tertiary/aromatic N) is 2. The molecule has 2 aromatic rings. The minimum atomic E-state index is -0.0292. The fourth-order valence-electron chi connectivity index (χ4n) is 4.72. The molecule has 1 fully saturated rings. The zero-order chi connectivity index (χ0) is 21.6. The molecule has 166 valence electrons. The number of para-hydroxylation sites is 2. The lowest BCUT2D eigenvalue weighted by Gasteiger charge is -2.43. The summed E-state index contributed by atoms with van der Waals surface area (Å²) in [5, 5.41) is 9.87. The first-order valence-electron chi connectivity index (χ1n) is 11.4. The van der Waals surface area contributed by atoms with Crippen molar-refractivity contribution in [2.24, 2.45) is 0 Å². The summed E-state index contributed by atoms with van der Waals surface area (Å²) in [5.41, 5.74) is 2.49. The molecule has 0 aromatic heterocycles. The first-order chi connectivity index (χ1) is 15.2. The van der Waals surface area contributed by atoms with E-state index in [2.05, 4.69) is 29.4 Å². The lowest BCUT2D eigenvalue weighted by molar-refractivity contribution is -0.0551. The zero-order valence-corrected chi connectivity index (χ0v) is 18.5. The second kappa shape index (κ2) is 10.2. The maximum atomic E-state index is 9.87. The van der Waals surface area contributed by atoms with Gasteiger partial charge in [-0.25, -0.2) is 0 Å². The number of fused-ring (bicyclic) bond motifs is 1. The minimum absolute atomic E-state index is 0.0292. The van der Waals surface area contributed by atoms with Gasteiger partial charge in [-0.05, 0) is 61.6 Å². The third-order valence-corrected chi connectivity index (χ3v) is 6.44. The van der Waals surface area contributed by atoms with Crippen molar-refractivity contribution < 1.29 is 14.6 Å². The molecule has 0 saturated carbocycles. The van der Waals surface area contributed by atoms with Gasteiger partial charge in [0, 0.05) is 32.2 Å². The number of benzene rings is 2. The number of aromatic hydroxyl groups is 1. The molecule has 2 aliphatic rings. The van der Waals surface area contributed by atoms with Crippen molar-refractivity contribution in [1.29, 1.82) is 0 Å². The van der Waals surface area contributed by atoms with Crippen molar-refractivity contribution in [3.8, 4) is 17.2 Å². The van der Waals surface area contributed by atoms with E-state index < -0.39 is 0 Å². The van der Waals surface area contributed by atoms with Crippen LogP contribution < -0.4 is 9.47 Å². The number of ether oxygens (including phenoxy) is 2. The first-order valence-corrected chi connectivity index (χ1v) is 11.4. The van der Waals surface area contributed by atoms with E-state index in [-0.39, 0.29) is 6.23 Å². The van der Waals surface area contributed by atoms with E-state index in [0.717, 1.165) is 56.1 Å². The Morgan fingerprint density at radius 1 is 1.10 bits per heavy atom. The van der Waals surface area contributed by atoms with Crippen molar-refractivity contribution in [2.75, 3.05) is 32.8 Å². The summed E-state index contributed by atoms with van der Waals surface area (Å²) in [6.45, 7) is 10.4. The third-order valence-electron chi connectivity index (χ3n) is 6.44. The molecule has 31 heavy (non-hydrogen) atoms. The smallest absolute Gasteiger partial charge is 0.187 e. The number of aryl methyl sites for hydroxylation is 1. The predicted octanol–water partition coefficient (Wildman–Crippen LogP) is 4.90. The van der Waals surface area contributed by atoms with Crippen LogP contribution in [0.2, 0.25) is 0 Å². The Morgan fingerprint density at radius 3 is 2.61 bits per heavy atom. The summed E-state index contributed by atoms with van der Waals surface area (Å²) in [6, 6.07) is 14.1. The Kier molecular flexibility index (Phi) is 7.15. The Labute approximate surface area is 185 Å². The summed E-state index contributed by atoms with van der Waals surface area (Å²) in [7, 11) is 0. The highest BCUT2D eigenvalue weighted by atomic mass is 16.6. The predicted molar refractivity (Wildman–Crippen MR) is 124 cm³/mol. The summed E-state index contributed by atoms with van der Waals surface area (Å²) in [5.74, 6) is 2.01. The molecule has 5 nitrogen and oxygen atoms in total. The van der Waals surface area contributed by atoms with E-state index in [9.17, 15) is 5.11 Å². The summed E-state index contributed by atoms with van der Waals surface area (Å²) in [4.78, 5) is 4.99. The van der Waals surface area contributed by atoms with Crippen LogP contribution in [-0.4, -0.2) is 53.9 Å². The van der Waals surface area contributed by atoms with E-state index in [0.29, 0.717) is 18.4 Å². The first kappa shape index (κ1) is 21.7. The van der Waals surface area contributed by atoms with Crippen molar-refractivity contribution in [3.05, 3.63) is 66.2 Å². The molecule has 2 aromatic carbocycles. The lowest BCUT2D eigenvalue weighted by Crippen LogP contribution is -2.55. The van der Waals surface area contributed by atoms with Crippen LogP contribution in [0.15, 0.2) is 55.1 Å². The normalized spacial score (nSPS) is 20.4. The van der Waals surface area contributed by atoms with E-state index in [4.69, 9.17) is 9.47 Å². The van der Waals surface area contributed by atoms with Gasteiger partial charge in [0.2, 0.25) is 0 Å². The SMILES string of the molecule is C=CCCCCC(c1ccc(O)cc1C)N1CCN(C2COc3ccccc3O2)CC1. The number of unbranched alkanes of at least 4 members (excludes halogenated alkanes) is 2. The molecule has 2 atom stereocenters. The standard InChI is InChI=1S/C26H34N2O3/c1-3-4-5-6-9-23(22-13-12-21(29)18-20(22)2)27-14-16-28(17-15-27)26-19-30-24-10-7-8-11-25(24)31-26/h3,7-8,10-13,18,23,26,29H,1,4-6,9,14-17,19H2,2H3. The summed E-state index contributed by atoms with van der Waals surface area (Å²) in [6.07, 6.45) is 6.51. The van der Waals surface area contributed by atoms with Gasteiger partial charge in [-0.3, -0.25) is 9.80 Å². The molecule has 0 spiro atoms. The number of piperazine rings is 1. The van der Waals surface area contributed by atoms with Crippen LogP contribution in [0.25, 0.3) is 0 Å². The fourth-order valence-corrected chi connectivity index (χ4v) is 4.72. The quantitative estimate of drug-likeness (QED) is 0.484. The highest BCUT2D eigenvalue weighted by Crippen LogP contribution is 2.34. The molecule has 0 bridgehead atoms. The van der Waals surface area contributed by atoms with E-state index in [1.165, 1.54) is 18.4 Å². The van der Waals surface area contributed by atoms with Crippen LogP contribution in [0.1, 0.15) is 42.9 Å². The Bertz CT molecular complexity index is 877. The average Bonchev–Trinajstić information content (AvgIpc) is 2.80. The van der Waals surface area contributed by atoms with Gasteiger partial charge in [-0.1, -0.05) is 30.7 Å². The molecule has 2 aliphatic heterocycles. The van der Waals surface area contributed by atoms with Crippen LogP contribution in [0.3, 0.4) is 0 Å². The monoisotopic (exact) mass is 422 g/mol. The highest BCUT2D eigenvalue weighted by Gasteiger charge is 2.32. The maximum Gasteiger partial charge on any atom is 0.187 e. The Hall–Kier alpha value is -2.50. The zero-order valence-electron chi connectivity index (χ0n) is 18.5. The molecular weight excluding hydrogens is 388 g/mol. The molecule has 4 rings (SSSR count). The van der Waals surface area contributed by atoms with Crippen LogP contribution in [-0.2, 0) is 0 Å². The second-order valence-electron chi connectivity index (χ2n) is 8.53. The van der Waals surface area contributed by atoms with Gasteiger partial charge in [0.15, 0.2) is 17.7 Å². The lowest BCUT2D eigenvalue weighted by atomic mass is 9.94.